The third-order valence-corrected chi connectivity index (χ3v) is 7.45. The van der Waals surface area contributed by atoms with E-state index in [0.717, 1.165) is 35.3 Å². The van der Waals surface area contributed by atoms with Gasteiger partial charge in [-0.1, -0.05) is 25.4 Å². The normalized spacial score (nSPS) is 19.2. The molecule has 1 aromatic heterocycles. The molecule has 1 N–H and O–H groups in total. The summed E-state index contributed by atoms with van der Waals surface area (Å²) in [6.07, 6.45) is -0.0792. The van der Waals surface area contributed by atoms with Crippen LogP contribution in [0, 0.1) is 5.92 Å². The molecule has 1 atom stereocenters. The summed E-state index contributed by atoms with van der Waals surface area (Å²) < 4.78 is 32.0. The predicted molar refractivity (Wildman–Crippen MR) is 103 cm³/mol. The van der Waals surface area contributed by atoms with E-state index in [1.165, 1.54) is 19.2 Å². The average molecular weight is 424 g/mol. The number of carbonyl (C=O) groups is 1. The first-order valence-electron chi connectivity index (χ1n) is 8.51. The van der Waals surface area contributed by atoms with Crippen molar-refractivity contribution in [3.63, 3.8) is 0 Å². The quantitative estimate of drug-likeness (QED) is 0.685. The zero-order chi connectivity index (χ0) is 19.3. The molecular weight excluding hydrogens is 398 g/mol. The summed E-state index contributed by atoms with van der Waals surface area (Å²) >= 11 is 6.76. The number of rotatable bonds is 8. The predicted octanol–water partition coefficient (Wildman–Crippen LogP) is 1.49. The summed E-state index contributed by atoms with van der Waals surface area (Å²) in [5, 5.41) is 2.77. The van der Waals surface area contributed by atoms with E-state index in [1.54, 1.807) is 0 Å². The molecule has 0 bridgehead atoms. The zero-order valence-corrected chi connectivity index (χ0v) is 17.7. The van der Waals surface area contributed by atoms with Crippen LogP contribution in [0.25, 0.3) is 0 Å². The van der Waals surface area contributed by atoms with Crippen LogP contribution in [-0.4, -0.2) is 76.0 Å². The first-order chi connectivity index (χ1) is 12.2. The van der Waals surface area contributed by atoms with Gasteiger partial charge in [0.05, 0.1) is 23.6 Å². The maximum atomic E-state index is 12.4. The molecular formula is C16H26ClN3O4S2. The lowest BCUT2D eigenvalue weighted by atomic mass is 10.2. The van der Waals surface area contributed by atoms with Gasteiger partial charge in [-0.15, -0.1) is 11.3 Å². The molecule has 1 aromatic rings. The van der Waals surface area contributed by atoms with E-state index in [1.807, 2.05) is 0 Å². The minimum Gasteiger partial charge on any atom is -0.374 e. The van der Waals surface area contributed by atoms with E-state index >= 15 is 0 Å². The van der Waals surface area contributed by atoms with Gasteiger partial charge in [0.1, 0.15) is 4.21 Å². The van der Waals surface area contributed by atoms with Crippen LogP contribution in [0.4, 0.5) is 0 Å². The number of amides is 1. The Morgan fingerprint density at radius 1 is 1.50 bits per heavy atom. The van der Waals surface area contributed by atoms with Gasteiger partial charge in [-0.05, 0) is 18.1 Å². The van der Waals surface area contributed by atoms with Crippen molar-refractivity contribution in [2.75, 3.05) is 46.4 Å². The number of halogens is 1. The molecule has 26 heavy (non-hydrogen) atoms. The Kier molecular flexibility index (Phi) is 7.87. The van der Waals surface area contributed by atoms with Crippen molar-refractivity contribution in [3.8, 4) is 0 Å². The second-order valence-electron chi connectivity index (χ2n) is 6.77. The SMILES string of the molecule is CC(C)CN1CCOC(CNC(=O)CN(C)S(=O)(=O)c2ccc(Cl)s2)C1. The maximum Gasteiger partial charge on any atom is 0.252 e. The van der Waals surface area contributed by atoms with Gasteiger partial charge in [0.2, 0.25) is 5.91 Å². The number of ether oxygens (including phenoxy) is 1. The number of nitrogens with one attached hydrogen (secondary N) is 1. The number of sulfonamides is 1. The number of nitrogens with zero attached hydrogens (tertiary/aromatic N) is 2. The lowest BCUT2D eigenvalue weighted by Gasteiger charge is -2.34. The van der Waals surface area contributed by atoms with Gasteiger partial charge in [0.25, 0.3) is 10.0 Å². The van der Waals surface area contributed by atoms with Crippen LogP contribution in [0.1, 0.15) is 13.8 Å². The van der Waals surface area contributed by atoms with Crippen LogP contribution in [0.3, 0.4) is 0 Å². The Balaban J connectivity index is 1.81. The average Bonchev–Trinajstić information content (AvgIpc) is 3.00. The Hall–Kier alpha value is -0.710. The third kappa shape index (κ3) is 6.17. The van der Waals surface area contributed by atoms with Gasteiger partial charge >= 0.3 is 0 Å². The van der Waals surface area contributed by atoms with Gasteiger partial charge in [0, 0.05) is 33.2 Å². The van der Waals surface area contributed by atoms with E-state index in [4.69, 9.17) is 16.3 Å². The topological polar surface area (TPSA) is 79.0 Å². The third-order valence-electron chi connectivity index (χ3n) is 3.95. The van der Waals surface area contributed by atoms with Crippen LogP contribution >= 0.6 is 22.9 Å². The Bertz CT molecular complexity index is 708. The standard InChI is InChI=1S/C16H26ClN3O4S2/c1-12(2)9-20-6-7-24-13(10-20)8-18-15(21)11-19(3)26(22,23)16-5-4-14(17)25-16/h4-5,12-13H,6-11H2,1-3H3,(H,18,21). The van der Waals surface area contributed by atoms with Crippen molar-refractivity contribution >= 4 is 38.9 Å². The zero-order valence-electron chi connectivity index (χ0n) is 15.3. The summed E-state index contributed by atoms with van der Waals surface area (Å²) in [6, 6.07) is 2.96. The van der Waals surface area contributed by atoms with Gasteiger partial charge in [-0.3, -0.25) is 9.69 Å². The Morgan fingerprint density at radius 2 is 2.23 bits per heavy atom. The fourth-order valence-corrected chi connectivity index (χ4v) is 5.57. The second-order valence-corrected chi connectivity index (χ2v) is 10.8. The van der Waals surface area contributed by atoms with Gasteiger partial charge in [0.15, 0.2) is 0 Å². The smallest absolute Gasteiger partial charge is 0.252 e. The number of thiophene rings is 1. The van der Waals surface area contributed by atoms with Crippen LogP contribution in [0.15, 0.2) is 16.3 Å². The first-order valence-corrected chi connectivity index (χ1v) is 11.1. The van der Waals surface area contributed by atoms with E-state index in [-0.39, 0.29) is 22.8 Å². The molecule has 1 aliphatic heterocycles. The van der Waals surface area contributed by atoms with Crippen molar-refractivity contribution in [1.82, 2.24) is 14.5 Å². The van der Waals surface area contributed by atoms with Gasteiger partial charge in [-0.2, -0.15) is 4.31 Å². The van der Waals surface area contributed by atoms with Crippen molar-refractivity contribution in [3.05, 3.63) is 16.5 Å². The number of hydrogen-bond acceptors (Lipinski definition) is 6. The van der Waals surface area contributed by atoms with Gasteiger partial charge < -0.3 is 10.1 Å². The fraction of sp³-hybridized carbons (Fsp3) is 0.688. The molecule has 7 nitrogen and oxygen atoms in total. The lowest BCUT2D eigenvalue weighted by Crippen LogP contribution is -2.49. The van der Waals surface area contributed by atoms with Crippen molar-refractivity contribution in [1.29, 1.82) is 0 Å². The summed E-state index contributed by atoms with van der Waals surface area (Å²) in [6.45, 7) is 7.76. The molecule has 0 spiro atoms. The highest BCUT2D eigenvalue weighted by molar-refractivity contribution is 7.91. The summed E-state index contributed by atoms with van der Waals surface area (Å²) in [5.74, 6) is 0.219. The molecule has 2 rings (SSSR count). The Labute approximate surface area is 164 Å². The highest BCUT2D eigenvalue weighted by atomic mass is 35.5. The molecule has 0 aromatic carbocycles. The monoisotopic (exact) mass is 423 g/mol. The number of morpholine rings is 1. The van der Waals surface area contributed by atoms with E-state index in [0.29, 0.717) is 23.4 Å². The van der Waals surface area contributed by atoms with E-state index < -0.39 is 10.0 Å². The molecule has 1 unspecified atom stereocenters. The minimum absolute atomic E-state index is 0.0792. The molecule has 1 amide bonds. The number of carbonyl (C=O) groups excluding carboxylic acids is 1. The van der Waals surface area contributed by atoms with Gasteiger partial charge in [-0.25, -0.2) is 8.42 Å². The molecule has 0 aliphatic carbocycles. The van der Waals surface area contributed by atoms with E-state index in [9.17, 15) is 13.2 Å². The summed E-state index contributed by atoms with van der Waals surface area (Å²) in [4.78, 5) is 14.5. The minimum atomic E-state index is -3.71. The summed E-state index contributed by atoms with van der Waals surface area (Å²) in [7, 11) is -2.33. The first kappa shape index (κ1) is 21.6. The molecule has 10 heteroatoms. The summed E-state index contributed by atoms with van der Waals surface area (Å²) in [5.41, 5.74) is 0. The van der Waals surface area contributed by atoms with Crippen LogP contribution in [0.2, 0.25) is 4.34 Å². The van der Waals surface area contributed by atoms with Crippen molar-refractivity contribution < 1.29 is 17.9 Å². The van der Waals surface area contributed by atoms with Crippen LogP contribution in [-0.2, 0) is 19.6 Å². The molecule has 148 valence electrons. The maximum absolute atomic E-state index is 12.4. The van der Waals surface area contributed by atoms with E-state index in [2.05, 4.69) is 24.1 Å². The molecule has 0 radical (unpaired) electrons. The second kappa shape index (κ2) is 9.48. The molecule has 1 aliphatic rings. The largest absolute Gasteiger partial charge is 0.374 e. The molecule has 1 saturated heterocycles. The molecule has 1 fully saturated rings. The fourth-order valence-electron chi connectivity index (χ4n) is 2.75. The number of hydrogen-bond donors (Lipinski definition) is 1. The van der Waals surface area contributed by atoms with Crippen LogP contribution in [0.5, 0.6) is 0 Å². The van der Waals surface area contributed by atoms with Crippen LogP contribution < -0.4 is 5.32 Å². The molecule has 0 saturated carbocycles. The lowest BCUT2D eigenvalue weighted by molar-refractivity contribution is -0.122. The number of likely N-dealkylation sites (N-methyl/N-ethyl adjacent to an activating group) is 1. The Morgan fingerprint density at radius 3 is 2.85 bits per heavy atom. The highest BCUT2D eigenvalue weighted by Crippen LogP contribution is 2.27. The van der Waals surface area contributed by atoms with Crippen molar-refractivity contribution in [2.24, 2.45) is 5.92 Å². The highest BCUT2D eigenvalue weighted by Gasteiger charge is 2.26. The van der Waals surface area contributed by atoms with Crippen molar-refractivity contribution in [2.45, 2.75) is 24.2 Å². The molecule has 2 heterocycles.